The molecular weight excluding hydrogens is 388 g/mol. The topological polar surface area (TPSA) is 45.2 Å². The molecule has 2 N–H and O–H groups in total. The van der Waals surface area contributed by atoms with E-state index in [0.717, 1.165) is 35.5 Å². The molecule has 0 aliphatic heterocycles. The Morgan fingerprint density at radius 2 is 1.90 bits per heavy atom. The molecule has 1 heterocycles. The summed E-state index contributed by atoms with van der Waals surface area (Å²) >= 11 is 1.84. The maximum Gasteiger partial charge on any atom is 0.187 e. The SMILES string of the molecule is C[C@]12CC[C@H]3[C@@H](CC=C4c5sc(Nc6ccccc6)nc5CC[C@@]43C)[C@@H]1CC[C@@H]2O. The smallest absolute Gasteiger partial charge is 0.187 e. The lowest BCUT2D eigenvalue weighted by molar-refractivity contribution is -0.0579. The van der Waals surface area contributed by atoms with E-state index >= 15 is 0 Å². The van der Waals surface area contributed by atoms with Crippen molar-refractivity contribution in [3.05, 3.63) is 47.0 Å². The predicted octanol–water partition coefficient (Wildman–Crippen LogP) is 6.43. The summed E-state index contributed by atoms with van der Waals surface area (Å²) in [4.78, 5) is 6.41. The van der Waals surface area contributed by atoms with Crippen molar-refractivity contribution in [3.8, 4) is 0 Å². The van der Waals surface area contributed by atoms with Gasteiger partial charge in [-0.15, -0.1) is 0 Å². The third-order valence-corrected chi connectivity index (χ3v) is 10.3. The molecule has 30 heavy (non-hydrogen) atoms. The number of nitrogens with one attached hydrogen (secondary N) is 1. The van der Waals surface area contributed by atoms with Gasteiger partial charge in [0.1, 0.15) is 0 Å². The van der Waals surface area contributed by atoms with Gasteiger partial charge in [-0.3, -0.25) is 0 Å². The van der Waals surface area contributed by atoms with E-state index in [1.54, 1.807) is 5.57 Å². The summed E-state index contributed by atoms with van der Waals surface area (Å²) in [6.07, 6.45) is 10.7. The Labute approximate surface area is 183 Å². The van der Waals surface area contributed by atoms with Crippen LogP contribution >= 0.6 is 11.3 Å². The first-order valence-corrected chi connectivity index (χ1v) is 12.5. The van der Waals surface area contributed by atoms with Crippen molar-refractivity contribution < 1.29 is 5.11 Å². The Hall–Kier alpha value is -1.65. The van der Waals surface area contributed by atoms with Gasteiger partial charge < -0.3 is 10.4 Å². The molecule has 1 aromatic heterocycles. The van der Waals surface area contributed by atoms with E-state index in [1.165, 1.54) is 42.7 Å². The lowest BCUT2D eigenvalue weighted by Crippen LogP contribution is -2.50. The molecule has 6 atom stereocenters. The van der Waals surface area contributed by atoms with Gasteiger partial charge in [0.15, 0.2) is 5.13 Å². The van der Waals surface area contributed by atoms with E-state index in [-0.39, 0.29) is 16.9 Å². The van der Waals surface area contributed by atoms with Crippen LogP contribution in [0.3, 0.4) is 0 Å². The van der Waals surface area contributed by atoms with Gasteiger partial charge in [0.25, 0.3) is 0 Å². The Kier molecular flexibility index (Phi) is 4.24. The molecule has 0 radical (unpaired) electrons. The average molecular weight is 421 g/mol. The number of allylic oxidation sites excluding steroid dienone is 2. The molecule has 4 aliphatic carbocycles. The minimum absolute atomic E-state index is 0.0901. The molecule has 0 bridgehead atoms. The lowest BCUT2D eigenvalue weighted by Gasteiger charge is -2.56. The van der Waals surface area contributed by atoms with Gasteiger partial charge in [-0.25, -0.2) is 4.98 Å². The molecule has 2 aromatic rings. The number of aromatic nitrogens is 1. The number of rotatable bonds is 2. The highest BCUT2D eigenvalue weighted by Crippen LogP contribution is 2.66. The van der Waals surface area contributed by atoms with Crippen LogP contribution in [0.25, 0.3) is 5.57 Å². The first-order valence-electron chi connectivity index (χ1n) is 11.7. The fraction of sp³-hybridized carbons (Fsp3) is 0.577. The van der Waals surface area contributed by atoms with Crippen LogP contribution in [-0.4, -0.2) is 16.2 Å². The number of hydrogen-bond donors (Lipinski definition) is 2. The summed E-state index contributed by atoms with van der Waals surface area (Å²) in [5.41, 5.74) is 4.39. The first-order chi connectivity index (χ1) is 14.5. The quantitative estimate of drug-likeness (QED) is 0.588. The predicted molar refractivity (Wildman–Crippen MR) is 124 cm³/mol. The van der Waals surface area contributed by atoms with E-state index in [2.05, 4.69) is 49.5 Å². The number of anilines is 2. The van der Waals surface area contributed by atoms with Gasteiger partial charge in [0.2, 0.25) is 0 Å². The third-order valence-electron chi connectivity index (χ3n) is 9.26. The summed E-state index contributed by atoms with van der Waals surface area (Å²) < 4.78 is 0. The van der Waals surface area contributed by atoms with Crippen molar-refractivity contribution in [1.29, 1.82) is 0 Å². The van der Waals surface area contributed by atoms with E-state index in [9.17, 15) is 5.11 Å². The molecule has 1 aromatic carbocycles. The van der Waals surface area contributed by atoms with Gasteiger partial charge >= 0.3 is 0 Å². The van der Waals surface area contributed by atoms with Gasteiger partial charge in [-0.1, -0.05) is 49.5 Å². The van der Waals surface area contributed by atoms with Crippen molar-refractivity contribution in [1.82, 2.24) is 4.98 Å². The summed E-state index contributed by atoms with van der Waals surface area (Å²) in [6.45, 7) is 4.91. The fourth-order valence-electron chi connectivity index (χ4n) is 7.55. The summed E-state index contributed by atoms with van der Waals surface area (Å²) in [6, 6.07) is 10.4. The summed E-state index contributed by atoms with van der Waals surface area (Å²) in [5, 5.41) is 15.2. The molecule has 0 saturated heterocycles. The fourth-order valence-corrected chi connectivity index (χ4v) is 8.76. The highest BCUT2D eigenvalue weighted by molar-refractivity contribution is 7.16. The number of thiazole rings is 1. The second kappa shape index (κ2) is 6.67. The Morgan fingerprint density at radius 1 is 1.07 bits per heavy atom. The highest BCUT2D eigenvalue weighted by atomic mass is 32.1. The van der Waals surface area contributed by atoms with Crippen LogP contribution in [0.4, 0.5) is 10.8 Å². The second-order valence-electron chi connectivity index (χ2n) is 10.6. The third kappa shape index (κ3) is 2.62. The molecule has 158 valence electrons. The summed E-state index contributed by atoms with van der Waals surface area (Å²) in [7, 11) is 0. The molecule has 2 fully saturated rings. The van der Waals surface area contributed by atoms with Crippen molar-refractivity contribution in [3.63, 3.8) is 0 Å². The zero-order valence-corrected chi connectivity index (χ0v) is 18.8. The van der Waals surface area contributed by atoms with Crippen LogP contribution in [0, 0.1) is 28.6 Å². The van der Waals surface area contributed by atoms with Gasteiger partial charge in [0.05, 0.1) is 16.7 Å². The number of aryl methyl sites for hydroxylation is 1. The number of nitrogens with zero attached hydrogens (tertiary/aromatic N) is 1. The van der Waals surface area contributed by atoms with E-state index in [4.69, 9.17) is 4.98 Å². The Balaban J connectivity index is 1.34. The van der Waals surface area contributed by atoms with Crippen LogP contribution in [0.2, 0.25) is 0 Å². The zero-order chi connectivity index (χ0) is 20.5. The standard InChI is InChI=1S/C26H32N2OS/c1-25-15-13-21-23(30-24(28-21)27-16-6-4-3-5-7-16)20(25)9-8-17-18-10-11-22(29)26(18,2)14-12-19(17)25/h3-7,9,17-19,22,29H,8,10-15H2,1-2H3,(H,27,28)/t17-,18-,19-,22-,25+,26-/m0/s1. The molecule has 6 rings (SSSR count). The first kappa shape index (κ1) is 19.1. The number of aliphatic hydroxyl groups is 1. The molecule has 2 saturated carbocycles. The van der Waals surface area contributed by atoms with Crippen LogP contribution in [-0.2, 0) is 6.42 Å². The zero-order valence-electron chi connectivity index (χ0n) is 18.0. The van der Waals surface area contributed by atoms with E-state index < -0.39 is 0 Å². The van der Waals surface area contributed by atoms with Crippen molar-refractivity contribution in [2.45, 2.75) is 64.9 Å². The second-order valence-corrected chi connectivity index (χ2v) is 11.6. The average Bonchev–Trinajstić information content (AvgIpc) is 3.28. The Bertz CT molecular complexity index is 998. The molecule has 3 nitrogen and oxygen atoms in total. The monoisotopic (exact) mass is 420 g/mol. The number of benzene rings is 1. The number of hydrogen-bond acceptors (Lipinski definition) is 4. The van der Waals surface area contributed by atoms with Crippen LogP contribution in [0.1, 0.15) is 62.9 Å². The van der Waals surface area contributed by atoms with Crippen molar-refractivity contribution >= 4 is 27.7 Å². The van der Waals surface area contributed by atoms with Gasteiger partial charge in [-0.2, -0.15) is 0 Å². The van der Waals surface area contributed by atoms with Crippen molar-refractivity contribution in [2.75, 3.05) is 5.32 Å². The minimum atomic E-state index is -0.0901. The van der Waals surface area contributed by atoms with Crippen molar-refractivity contribution in [2.24, 2.45) is 28.6 Å². The lowest BCUT2D eigenvalue weighted by atomic mass is 9.48. The van der Waals surface area contributed by atoms with Crippen LogP contribution in [0.15, 0.2) is 36.4 Å². The van der Waals surface area contributed by atoms with Gasteiger partial charge in [0, 0.05) is 5.69 Å². The number of aliphatic hydroxyl groups excluding tert-OH is 1. The van der Waals surface area contributed by atoms with Gasteiger partial charge in [-0.05, 0) is 91.2 Å². The molecule has 0 unspecified atom stereocenters. The number of fused-ring (bicyclic) bond motifs is 7. The molecule has 4 heteroatoms. The maximum atomic E-state index is 10.7. The molecule has 0 amide bonds. The minimum Gasteiger partial charge on any atom is -0.393 e. The number of para-hydroxylation sites is 1. The molecule has 0 spiro atoms. The molecule has 4 aliphatic rings. The van der Waals surface area contributed by atoms with Crippen LogP contribution in [0.5, 0.6) is 0 Å². The largest absolute Gasteiger partial charge is 0.393 e. The highest BCUT2D eigenvalue weighted by Gasteiger charge is 2.58. The van der Waals surface area contributed by atoms with E-state index in [0.29, 0.717) is 5.92 Å². The normalized spacial score (nSPS) is 39.4. The van der Waals surface area contributed by atoms with Crippen LogP contribution < -0.4 is 5.32 Å². The molecular formula is C26H32N2OS. The maximum absolute atomic E-state index is 10.7. The summed E-state index contributed by atoms with van der Waals surface area (Å²) in [5.74, 6) is 2.19. The Morgan fingerprint density at radius 3 is 2.73 bits per heavy atom. The van der Waals surface area contributed by atoms with E-state index in [1.807, 2.05) is 17.4 Å².